The van der Waals surface area contributed by atoms with Gasteiger partial charge in [0.25, 0.3) is 0 Å². The van der Waals surface area contributed by atoms with E-state index in [1.165, 1.54) is 6.07 Å². The van der Waals surface area contributed by atoms with Crippen molar-refractivity contribution in [1.82, 2.24) is 5.32 Å². The molecule has 0 spiro atoms. The molecule has 1 atom stereocenters. The molecule has 6 heteroatoms. The molecule has 1 fully saturated rings. The number of rotatable bonds is 3. The molecule has 1 aliphatic heterocycles. The molecule has 1 heterocycles. The lowest BCUT2D eigenvalue weighted by Crippen LogP contribution is -2.50. The lowest BCUT2D eigenvalue weighted by Gasteiger charge is -2.35. The molecule has 2 nitrogen and oxygen atoms in total. The average molecular weight is 290 g/mol. The predicted octanol–water partition coefficient (Wildman–Crippen LogP) is 3.42. The first-order valence-corrected chi connectivity index (χ1v) is 6.77. The molecule has 0 bridgehead atoms. The average Bonchev–Trinajstić information content (AvgIpc) is 2.38. The molecule has 1 aromatic carbocycles. The van der Waals surface area contributed by atoms with E-state index in [0.29, 0.717) is 18.8 Å². The molecular weight excluding hydrogens is 272 g/mol. The zero-order valence-corrected chi connectivity index (χ0v) is 11.3. The number of hydrogen-bond donors (Lipinski definition) is 1. The molecule has 1 aliphatic rings. The molecule has 2 rings (SSSR count). The quantitative estimate of drug-likeness (QED) is 0.858. The Balaban J connectivity index is 2.20. The zero-order valence-electron chi connectivity index (χ0n) is 11.3. The Morgan fingerprint density at radius 3 is 2.75 bits per heavy atom. The molecule has 1 unspecified atom stereocenters. The van der Waals surface area contributed by atoms with Crippen LogP contribution in [-0.4, -0.2) is 25.7 Å². The maximum atomic E-state index is 13.3. The molecule has 0 saturated carbocycles. The normalized spacial score (nSPS) is 20.2. The van der Waals surface area contributed by atoms with Gasteiger partial charge in [-0.25, -0.2) is 4.39 Å². The third-order valence-corrected chi connectivity index (χ3v) is 3.51. The van der Waals surface area contributed by atoms with Crippen LogP contribution in [0.1, 0.15) is 25.3 Å². The summed E-state index contributed by atoms with van der Waals surface area (Å²) in [6.07, 6.45) is -2.66. The third kappa shape index (κ3) is 3.42. The largest absolute Gasteiger partial charge is 0.419 e. The Hall–Kier alpha value is -1.30. The summed E-state index contributed by atoms with van der Waals surface area (Å²) in [6, 6.07) is 3.49. The van der Waals surface area contributed by atoms with Crippen molar-refractivity contribution in [3.8, 4) is 0 Å². The fourth-order valence-electron chi connectivity index (χ4n) is 2.53. The summed E-state index contributed by atoms with van der Waals surface area (Å²) in [5, 5.41) is 3.34. The van der Waals surface area contributed by atoms with Gasteiger partial charge in [-0.05, 0) is 24.6 Å². The van der Waals surface area contributed by atoms with Crippen LogP contribution in [0.3, 0.4) is 0 Å². The van der Waals surface area contributed by atoms with Crippen molar-refractivity contribution in [3.05, 3.63) is 29.6 Å². The van der Waals surface area contributed by atoms with Gasteiger partial charge in [0.15, 0.2) is 0 Å². The number of hydrogen-bond acceptors (Lipinski definition) is 2. The summed E-state index contributed by atoms with van der Waals surface area (Å²) in [4.78, 5) is 1.88. The van der Waals surface area contributed by atoms with E-state index in [1.54, 1.807) is 0 Å². The first-order valence-electron chi connectivity index (χ1n) is 6.77. The van der Waals surface area contributed by atoms with Crippen molar-refractivity contribution >= 4 is 5.69 Å². The number of piperazine rings is 1. The van der Waals surface area contributed by atoms with Gasteiger partial charge in [-0.3, -0.25) is 0 Å². The summed E-state index contributed by atoms with van der Waals surface area (Å²) < 4.78 is 51.4. The van der Waals surface area contributed by atoms with Gasteiger partial charge in [-0.2, -0.15) is 13.2 Å². The molecule has 0 aromatic heterocycles. The van der Waals surface area contributed by atoms with Gasteiger partial charge in [-0.1, -0.05) is 13.3 Å². The highest BCUT2D eigenvalue weighted by Crippen LogP contribution is 2.34. The minimum atomic E-state index is -4.66. The topological polar surface area (TPSA) is 15.3 Å². The van der Waals surface area contributed by atoms with Crippen LogP contribution in [0.2, 0.25) is 0 Å². The molecule has 1 aromatic rings. The van der Waals surface area contributed by atoms with Crippen LogP contribution in [0.5, 0.6) is 0 Å². The number of nitrogens with one attached hydrogen (secondary N) is 1. The Morgan fingerprint density at radius 1 is 1.35 bits per heavy atom. The van der Waals surface area contributed by atoms with Gasteiger partial charge < -0.3 is 10.2 Å². The highest BCUT2D eigenvalue weighted by Gasteiger charge is 2.34. The lowest BCUT2D eigenvalue weighted by atomic mass is 10.1. The van der Waals surface area contributed by atoms with Crippen molar-refractivity contribution < 1.29 is 17.6 Å². The van der Waals surface area contributed by atoms with Crippen LogP contribution >= 0.6 is 0 Å². The summed E-state index contributed by atoms with van der Waals surface area (Å²) in [6.45, 7) is 4.07. The summed E-state index contributed by atoms with van der Waals surface area (Å²) in [5.41, 5.74) is -0.762. The summed E-state index contributed by atoms with van der Waals surface area (Å²) in [5.74, 6) is -1.22. The van der Waals surface area contributed by atoms with Crippen molar-refractivity contribution in [2.24, 2.45) is 0 Å². The lowest BCUT2D eigenvalue weighted by molar-refractivity contribution is -0.139. The minimum Gasteiger partial charge on any atom is -0.369 e. The molecule has 0 radical (unpaired) electrons. The van der Waals surface area contributed by atoms with E-state index in [1.807, 2.05) is 4.90 Å². The number of benzene rings is 1. The molecular formula is C14H18F4N2. The molecule has 112 valence electrons. The van der Waals surface area contributed by atoms with Crippen LogP contribution in [0, 0.1) is 5.82 Å². The van der Waals surface area contributed by atoms with Crippen LogP contribution in [0.4, 0.5) is 23.2 Å². The Labute approximate surface area is 115 Å². The number of alkyl halides is 3. The van der Waals surface area contributed by atoms with Crippen LogP contribution in [0.25, 0.3) is 0 Å². The van der Waals surface area contributed by atoms with Gasteiger partial charge in [-0.15, -0.1) is 0 Å². The van der Waals surface area contributed by atoms with Crippen molar-refractivity contribution in [3.63, 3.8) is 0 Å². The molecule has 0 aliphatic carbocycles. The van der Waals surface area contributed by atoms with E-state index in [-0.39, 0.29) is 6.04 Å². The molecule has 0 amide bonds. The fraction of sp³-hybridized carbons (Fsp3) is 0.571. The Bertz CT molecular complexity index is 457. The maximum absolute atomic E-state index is 13.3. The van der Waals surface area contributed by atoms with Gasteiger partial charge in [0, 0.05) is 31.4 Å². The van der Waals surface area contributed by atoms with E-state index in [2.05, 4.69) is 12.2 Å². The van der Waals surface area contributed by atoms with Gasteiger partial charge in [0.2, 0.25) is 0 Å². The summed E-state index contributed by atoms with van der Waals surface area (Å²) in [7, 11) is 0. The smallest absolute Gasteiger partial charge is 0.369 e. The predicted molar refractivity (Wildman–Crippen MR) is 70.3 cm³/mol. The van der Waals surface area contributed by atoms with Gasteiger partial charge in [0.05, 0.1) is 5.56 Å². The van der Waals surface area contributed by atoms with E-state index in [4.69, 9.17) is 0 Å². The first kappa shape index (κ1) is 15.1. The second-order valence-corrected chi connectivity index (χ2v) is 5.05. The number of anilines is 1. The van der Waals surface area contributed by atoms with E-state index >= 15 is 0 Å². The maximum Gasteiger partial charge on any atom is 0.419 e. The van der Waals surface area contributed by atoms with Gasteiger partial charge in [0.1, 0.15) is 5.82 Å². The van der Waals surface area contributed by atoms with E-state index < -0.39 is 17.6 Å². The second-order valence-electron chi connectivity index (χ2n) is 5.05. The number of nitrogens with zero attached hydrogens (tertiary/aromatic N) is 1. The van der Waals surface area contributed by atoms with E-state index in [9.17, 15) is 17.6 Å². The van der Waals surface area contributed by atoms with Crippen molar-refractivity contribution in [2.75, 3.05) is 24.5 Å². The standard InChI is InChI=1S/C14H18F4N2/c1-2-3-10-9-20(7-6-19-10)11-4-5-13(15)12(8-11)14(16,17)18/h4-5,8,10,19H,2-3,6-7,9H2,1H3. The van der Waals surface area contributed by atoms with Crippen molar-refractivity contribution in [2.45, 2.75) is 32.0 Å². The van der Waals surface area contributed by atoms with Crippen LogP contribution in [0.15, 0.2) is 18.2 Å². The SMILES string of the molecule is CCCC1CN(c2ccc(F)c(C(F)(F)F)c2)CCN1. The summed E-state index contributed by atoms with van der Waals surface area (Å²) >= 11 is 0. The molecule has 1 saturated heterocycles. The Kier molecular flexibility index (Phi) is 4.52. The number of halogens is 4. The second kappa shape index (κ2) is 5.99. The highest BCUT2D eigenvalue weighted by molar-refractivity contribution is 5.50. The monoisotopic (exact) mass is 290 g/mol. The Morgan fingerprint density at radius 2 is 2.10 bits per heavy atom. The first-order chi connectivity index (χ1) is 9.41. The molecule has 20 heavy (non-hydrogen) atoms. The van der Waals surface area contributed by atoms with Crippen LogP contribution in [-0.2, 0) is 6.18 Å². The third-order valence-electron chi connectivity index (χ3n) is 3.51. The zero-order chi connectivity index (χ0) is 14.8. The fourth-order valence-corrected chi connectivity index (χ4v) is 2.53. The van der Waals surface area contributed by atoms with Crippen LogP contribution < -0.4 is 10.2 Å². The van der Waals surface area contributed by atoms with E-state index in [0.717, 1.165) is 31.5 Å². The molecule has 1 N–H and O–H groups in total. The van der Waals surface area contributed by atoms with Crippen molar-refractivity contribution in [1.29, 1.82) is 0 Å². The minimum absolute atomic E-state index is 0.271. The highest BCUT2D eigenvalue weighted by atomic mass is 19.4. The van der Waals surface area contributed by atoms with Gasteiger partial charge >= 0.3 is 6.18 Å².